The SMILES string of the molecule is BrCCCO[n+]1ccsc1.FC(F)(F)c1cc([B-](c2cc(C(F)(F)F)cc(C(F)(F)F)c2)(c2cc(C(F)(F)F)cc(C(F)(F)F)c2)c2cc(C(F)(F)F)cc(C(F)(F)F)c2)cc(C(F)(F)F)c1. The minimum atomic E-state index is -6.13. The molecule has 0 saturated heterocycles. The summed E-state index contributed by atoms with van der Waals surface area (Å²) in [6.45, 7) is 0.770. The smallest absolute Gasteiger partial charge is 0.271 e. The Bertz CT molecular complexity index is 2060. The maximum atomic E-state index is 14.2. The van der Waals surface area contributed by atoms with Crippen LogP contribution in [0.2, 0.25) is 0 Å². The summed E-state index contributed by atoms with van der Waals surface area (Å²) in [5, 5.41) is 2.98. The molecule has 2 nitrogen and oxygen atoms in total. The van der Waals surface area contributed by atoms with Gasteiger partial charge in [0.2, 0.25) is 6.20 Å². The molecule has 0 amide bonds. The van der Waals surface area contributed by atoms with Gasteiger partial charge in [0.25, 0.3) is 5.51 Å². The van der Waals surface area contributed by atoms with Gasteiger partial charge >= 0.3 is 49.4 Å². The molecule has 29 heteroatoms. The van der Waals surface area contributed by atoms with E-state index in [4.69, 9.17) is 4.84 Å². The maximum Gasteiger partial charge on any atom is 0.416 e. The van der Waals surface area contributed by atoms with Crippen molar-refractivity contribution in [3.8, 4) is 0 Å². The third kappa shape index (κ3) is 13.2. The van der Waals surface area contributed by atoms with Gasteiger partial charge in [0.1, 0.15) is 6.15 Å². The number of hydrogen-bond acceptors (Lipinski definition) is 2. The van der Waals surface area contributed by atoms with Crippen LogP contribution in [0, 0.1) is 0 Å². The van der Waals surface area contributed by atoms with Crippen LogP contribution in [0.5, 0.6) is 0 Å². The second kappa shape index (κ2) is 18.9. The number of alkyl halides is 25. The van der Waals surface area contributed by atoms with Crippen LogP contribution in [0.3, 0.4) is 0 Å². The van der Waals surface area contributed by atoms with Crippen LogP contribution < -0.4 is 31.4 Å². The van der Waals surface area contributed by atoms with E-state index in [-0.39, 0.29) is 0 Å². The molecule has 0 bridgehead atoms. The fraction of sp³-hybridized carbons (Fsp3) is 0.289. The van der Waals surface area contributed by atoms with Crippen molar-refractivity contribution in [2.45, 2.75) is 55.8 Å². The predicted octanol–water partition coefficient (Wildman–Crippen LogP) is 12.5. The fourth-order valence-corrected chi connectivity index (χ4v) is 7.33. The fourth-order valence-electron chi connectivity index (χ4n) is 6.59. The van der Waals surface area contributed by atoms with Gasteiger partial charge < -0.3 is 0 Å². The molecule has 0 N–H and O–H groups in total. The van der Waals surface area contributed by atoms with Crippen LogP contribution in [-0.2, 0) is 49.4 Å². The first-order chi connectivity index (χ1) is 30.2. The van der Waals surface area contributed by atoms with Gasteiger partial charge in [-0.2, -0.15) is 127 Å². The van der Waals surface area contributed by atoms with E-state index in [1.54, 1.807) is 16.1 Å². The van der Waals surface area contributed by atoms with Crippen LogP contribution >= 0.6 is 27.3 Å². The van der Waals surface area contributed by atoms with Crippen molar-refractivity contribution in [3.63, 3.8) is 0 Å². The highest BCUT2D eigenvalue weighted by atomic mass is 79.9. The molecule has 0 atom stereocenters. The molecule has 4 aromatic carbocycles. The quantitative estimate of drug-likeness (QED) is 0.0496. The summed E-state index contributed by atoms with van der Waals surface area (Å²) in [5.41, 5.74) is -28.3. The third-order valence-electron chi connectivity index (χ3n) is 9.41. The van der Waals surface area contributed by atoms with Crippen molar-refractivity contribution in [1.82, 2.24) is 0 Å². The first-order valence-electron chi connectivity index (χ1n) is 17.7. The van der Waals surface area contributed by atoms with Crippen LogP contribution in [0.1, 0.15) is 50.9 Å². The number of aromatic nitrogens is 1. The Morgan fingerprint density at radius 3 is 0.776 bits per heavy atom. The molecule has 0 fully saturated rings. The van der Waals surface area contributed by atoms with Gasteiger partial charge in [-0.1, -0.05) is 75.8 Å². The van der Waals surface area contributed by atoms with Crippen LogP contribution in [-0.4, -0.2) is 18.1 Å². The Kier molecular flexibility index (Phi) is 15.5. The van der Waals surface area contributed by atoms with Crippen molar-refractivity contribution >= 4 is 55.3 Å². The summed E-state index contributed by atoms with van der Waals surface area (Å²) in [5.74, 6) is 0. The summed E-state index contributed by atoms with van der Waals surface area (Å²) < 4.78 is 343. The Morgan fingerprint density at radius 2 is 0.612 bits per heavy atom. The molecule has 1 aromatic heterocycles. The average molecular weight is 1090 g/mol. The van der Waals surface area contributed by atoms with Crippen LogP contribution in [0.15, 0.2) is 89.9 Å². The zero-order valence-electron chi connectivity index (χ0n) is 32.1. The summed E-state index contributed by atoms with van der Waals surface area (Å²) in [6.07, 6.45) is -51.9. The molecular formula is C38H21BBrF24NOS. The Hall–Kier alpha value is -4.83. The van der Waals surface area contributed by atoms with Crippen molar-refractivity contribution in [1.29, 1.82) is 0 Å². The second-order valence-corrected chi connectivity index (χ2v) is 15.5. The molecular weight excluding hydrogens is 1070 g/mol. The lowest BCUT2D eigenvalue weighted by Crippen LogP contribution is -2.75. The lowest BCUT2D eigenvalue weighted by atomic mass is 9.12. The van der Waals surface area contributed by atoms with E-state index in [0.717, 1.165) is 18.4 Å². The first kappa shape index (κ1) is 54.8. The van der Waals surface area contributed by atoms with E-state index in [0.29, 0.717) is 0 Å². The largest absolute Gasteiger partial charge is 0.416 e. The highest BCUT2D eigenvalue weighted by molar-refractivity contribution is 9.09. The molecule has 368 valence electrons. The molecule has 0 aliphatic carbocycles. The summed E-state index contributed by atoms with van der Waals surface area (Å²) in [6, 6.07) is -8.81. The second-order valence-electron chi connectivity index (χ2n) is 14.0. The summed E-state index contributed by atoms with van der Waals surface area (Å²) in [4.78, 5) is 5.28. The zero-order valence-corrected chi connectivity index (χ0v) is 34.5. The lowest BCUT2D eigenvalue weighted by Gasteiger charge is -2.46. The number of rotatable bonds is 8. The first-order valence-corrected chi connectivity index (χ1v) is 19.7. The van der Waals surface area contributed by atoms with Gasteiger partial charge in [0, 0.05) is 10.1 Å². The highest BCUT2D eigenvalue weighted by Crippen LogP contribution is 2.41. The van der Waals surface area contributed by atoms with E-state index in [1.165, 1.54) is 0 Å². The van der Waals surface area contributed by atoms with Gasteiger partial charge in [-0.3, -0.25) is 4.84 Å². The number of benzene rings is 4. The van der Waals surface area contributed by atoms with Gasteiger partial charge in [-0.05, 0) is 30.7 Å². The Balaban J connectivity index is 0.000000865. The van der Waals surface area contributed by atoms with Gasteiger partial charge in [0.05, 0.1) is 49.9 Å². The minimum Gasteiger partial charge on any atom is -0.271 e. The molecule has 5 rings (SSSR count). The monoisotopic (exact) mass is 1090 g/mol. The van der Waals surface area contributed by atoms with Gasteiger partial charge in [-0.25, -0.2) is 0 Å². The van der Waals surface area contributed by atoms with E-state index in [2.05, 4.69) is 15.9 Å². The Morgan fingerprint density at radius 1 is 0.388 bits per heavy atom. The molecule has 5 aromatic rings. The normalized spacial score (nSPS) is 13.6. The number of hydrogen-bond donors (Lipinski definition) is 0. The standard InChI is InChI=1S/C32H12BF24.C6H9BrNOS/c34-25(35,36)13-1-14(26(37,38)39)6-21(5-13)33(22-7-15(27(40,41)42)2-16(8-22)28(43,44)45,23-9-17(29(46,47)48)3-18(10-23)30(49,50)51)24-11-19(31(52,53)54)4-20(12-24)32(55,56)57;7-2-1-4-9-8-3-5-10-6-8/h1-12H;3,5-6H,1-2,4H2/q-1;+1. The van der Waals surface area contributed by atoms with Crippen molar-refractivity contribution in [2.75, 3.05) is 11.9 Å². The molecule has 0 unspecified atom stereocenters. The van der Waals surface area contributed by atoms with E-state index >= 15 is 0 Å². The van der Waals surface area contributed by atoms with Crippen LogP contribution in [0.25, 0.3) is 0 Å². The van der Waals surface area contributed by atoms with Crippen LogP contribution in [0.4, 0.5) is 105 Å². The molecule has 1 heterocycles. The topological polar surface area (TPSA) is 13.1 Å². The minimum absolute atomic E-state index is 0.691. The van der Waals surface area contributed by atoms with Gasteiger partial charge in [-0.15, -0.1) is 0 Å². The lowest BCUT2D eigenvalue weighted by molar-refractivity contribution is -0.888. The Labute approximate surface area is 371 Å². The average Bonchev–Trinajstić information content (AvgIpc) is 3.69. The molecule has 67 heavy (non-hydrogen) atoms. The summed E-state index contributed by atoms with van der Waals surface area (Å²) in [7, 11) is 0. The molecule has 0 spiro atoms. The predicted molar refractivity (Wildman–Crippen MR) is 194 cm³/mol. The summed E-state index contributed by atoms with van der Waals surface area (Å²) >= 11 is 4.95. The highest BCUT2D eigenvalue weighted by Gasteiger charge is 2.47. The van der Waals surface area contributed by atoms with E-state index in [9.17, 15) is 105 Å². The van der Waals surface area contributed by atoms with Crippen molar-refractivity contribution < 1.29 is 115 Å². The number of thiazole rings is 1. The van der Waals surface area contributed by atoms with Crippen molar-refractivity contribution in [2.24, 2.45) is 0 Å². The molecule has 0 aliphatic heterocycles. The van der Waals surface area contributed by atoms with Gasteiger partial charge in [0.15, 0.2) is 6.61 Å². The zero-order chi connectivity index (χ0) is 51.1. The van der Waals surface area contributed by atoms with E-state index in [1.807, 2.05) is 17.1 Å². The molecule has 0 aliphatic rings. The molecule has 0 radical (unpaired) electrons. The number of halogens is 25. The van der Waals surface area contributed by atoms with E-state index < -0.39 is 195 Å². The molecule has 0 saturated carbocycles. The maximum absolute atomic E-state index is 14.2. The third-order valence-corrected chi connectivity index (χ3v) is 10.6. The van der Waals surface area contributed by atoms with Crippen molar-refractivity contribution in [3.05, 3.63) is 134 Å². The number of nitrogens with zero attached hydrogens (tertiary/aromatic N) is 1.